The zero-order chi connectivity index (χ0) is 13.3. The fourth-order valence-electron chi connectivity index (χ4n) is 2.38. The number of ether oxygens (including phenoxy) is 1. The lowest BCUT2D eigenvalue weighted by Gasteiger charge is -2.34. The van der Waals surface area contributed by atoms with Crippen LogP contribution in [0.4, 0.5) is 0 Å². The van der Waals surface area contributed by atoms with E-state index in [0.29, 0.717) is 0 Å². The van der Waals surface area contributed by atoms with E-state index in [1.54, 1.807) is 0 Å². The van der Waals surface area contributed by atoms with Crippen LogP contribution < -0.4 is 0 Å². The molecule has 0 aromatic carbocycles. The highest BCUT2D eigenvalue weighted by Crippen LogP contribution is 2.31. The van der Waals surface area contributed by atoms with Gasteiger partial charge in [-0.05, 0) is 25.7 Å². The van der Waals surface area contributed by atoms with E-state index in [1.165, 1.54) is 0 Å². The van der Waals surface area contributed by atoms with Crippen LogP contribution in [0.2, 0.25) is 0 Å². The fraction of sp³-hybridized carbons (Fsp3) is 0.933. The zero-order valence-corrected chi connectivity index (χ0v) is 12.3. The summed E-state index contributed by atoms with van der Waals surface area (Å²) in [5.74, 6) is 0.0165. The van der Waals surface area contributed by atoms with E-state index < -0.39 is 0 Å². The third kappa shape index (κ3) is 5.56. The van der Waals surface area contributed by atoms with Crippen LogP contribution >= 0.6 is 0 Å². The van der Waals surface area contributed by atoms with Crippen LogP contribution in [0.1, 0.15) is 79.6 Å². The molecular formula is C15H30O2. The summed E-state index contributed by atoms with van der Waals surface area (Å²) in [5, 5.41) is 0. The molecule has 0 bridgehead atoms. The Labute approximate surface area is 107 Å². The van der Waals surface area contributed by atoms with Crippen molar-refractivity contribution in [3.05, 3.63) is 0 Å². The Morgan fingerprint density at radius 3 is 1.71 bits per heavy atom. The summed E-state index contributed by atoms with van der Waals surface area (Å²) in [4.78, 5) is 12.0. The van der Waals surface area contributed by atoms with E-state index >= 15 is 0 Å². The Morgan fingerprint density at radius 1 is 1.00 bits per heavy atom. The predicted molar refractivity (Wildman–Crippen MR) is 73.0 cm³/mol. The summed E-state index contributed by atoms with van der Waals surface area (Å²) in [6.45, 7) is 10.5. The SMILES string of the molecule is CCCC(CCC)(CCC)OC(=O)C(C)CC. The maximum absolute atomic E-state index is 12.0. The van der Waals surface area contributed by atoms with Crippen molar-refractivity contribution in [1.29, 1.82) is 0 Å². The van der Waals surface area contributed by atoms with Crippen LogP contribution in [0.15, 0.2) is 0 Å². The predicted octanol–water partition coefficient (Wildman–Crippen LogP) is 4.71. The van der Waals surface area contributed by atoms with Crippen molar-refractivity contribution in [3.8, 4) is 0 Å². The molecule has 0 N–H and O–H groups in total. The highest BCUT2D eigenvalue weighted by molar-refractivity contribution is 5.72. The molecule has 0 radical (unpaired) electrons. The minimum atomic E-state index is -0.196. The molecule has 0 spiro atoms. The van der Waals surface area contributed by atoms with Crippen LogP contribution in [0.3, 0.4) is 0 Å². The molecule has 0 rings (SSSR count). The lowest BCUT2D eigenvalue weighted by atomic mass is 9.87. The molecule has 17 heavy (non-hydrogen) atoms. The third-order valence-electron chi connectivity index (χ3n) is 3.45. The molecule has 102 valence electrons. The molecule has 0 aliphatic heterocycles. The van der Waals surface area contributed by atoms with Gasteiger partial charge in [0.15, 0.2) is 0 Å². The number of carbonyl (C=O) groups is 1. The summed E-state index contributed by atoms with van der Waals surface area (Å²) < 4.78 is 5.87. The average molecular weight is 242 g/mol. The van der Waals surface area contributed by atoms with E-state index in [-0.39, 0.29) is 17.5 Å². The number of hydrogen-bond donors (Lipinski definition) is 0. The monoisotopic (exact) mass is 242 g/mol. The maximum Gasteiger partial charge on any atom is 0.309 e. The largest absolute Gasteiger partial charge is 0.459 e. The topological polar surface area (TPSA) is 26.3 Å². The van der Waals surface area contributed by atoms with Gasteiger partial charge in [-0.1, -0.05) is 53.9 Å². The molecule has 2 nitrogen and oxygen atoms in total. The first-order chi connectivity index (χ1) is 8.05. The van der Waals surface area contributed by atoms with Crippen LogP contribution in [0, 0.1) is 5.92 Å². The summed E-state index contributed by atoms with van der Waals surface area (Å²) >= 11 is 0. The average Bonchev–Trinajstić information content (AvgIpc) is 2.28. The van der Waals surface area contributed by atoms with Gasteiger partial charge in [-0.3, -0.25) is 4.79 Å². The van der Waals surface area contributed by atoms with Gasteiger partial charge in [0, 0.05) is 0 Å². The Hall–Kier alpha value is -0.530. The molecule has 0 aromatic heterocycles. The first-order valence-corrected chi connectivity index (χ1v) is 7.28. The van der Waals surface area contributed by atoms with E-state index in [9.17, 15) is 4.79 Å². The van der Waals surface area contributed by atoms with E-state index in [4.69, 9.17) is 4.74 Å². The van der Waals surface area contributed by atoms with Gasteiger partial charge in [0.2, 0.25) is 0 Å². The third-order valence-corrected chi connectivity index (χ3v) is 3.45. The number of rotatable bonds is 9. The molecule has 0 aromatic rings. The Bertz CT molecular complexity index is 194. The number of hydrogen-bond acceptors (Lipinski definition) is 2. The van der Waals surface area contributed by atoms with Gasteiger partial charge >= 0.3 is 5.97 Å². The van der Waals surface area contributed by atoms with Gasteiger partial charge in [0.25, 0.3) is 0 Å². The molecule has 1 unspecified atom stereocenters. The number of esters is 1. The van der Waals surface area contributed by atoms with Crippen LogP contribution in [0.5, 0.6) is 0 Å². The van der Waals surface area contributed by atoms with Crippen molar-refractivity contribution in [3.63, 3.8) is 0 Å². The molecule has 0 amide bonds. The summed E-state index contributed by atoms with van der Waals surface area (Å²) in [5.41, 5.74) is -0.196. The first kappa shape index (κ1) is 16.5. The minimum absolute atomic E-state index is 0.0112. The molecule has 0 fully saturated rings. The maximum atomic E-state index is 12.0. The summed E-state index contributed by atoms with van der Waals surface area (Å²) in [7, 11) is 0. The normalized spacial score (nSPS) is 13.5. The van der Waals surface area contributed by atoms with Crippen LogP contribution in [0.25, 0.3) is 0 Å². The van der Waals surface area contributed by atoms with Gasteiger partial charge in [-0.15, -0.1) is 0 Å². The standard InChI is InChI=1S/C15H30O2/c1-6-10-15(11-7-2,12-8-3)17-14(16)13(5)9-4/h13H,6-12H2,1-5H3. The van der Waals surface area contributed by atoms with Gasteiger partial charge in [-0.25, -0.2) is 0 Å². The lowest BCUT2D eigenvalue weighted by Crippen LogP contribution is -2.36. The molecular weight excluding hydrogens is 212 g/mol. The fourth-order valence-corrected chi connectivity index (χ4v) is 2.38. The van der Waals surface area contributed by atoms with Gasteiger partial charge < -0.3 is 4.74 Å². The van der Waals surface area contributed by atoms with Gasteiger partial charge in [0.05, 0.1) is 5.92 Å². The van der Waals surface area contributed by atoms with Crippen LogP contribution in [-0.4, -0.2) is 11.6 Å². The molecule has 0 saturated carbocycles. The highest BCUT2D eigenvalue weighted by atomic mass is 16.6. The Balaban J connectivity index is 4.69. The van der Waals surface area contributed by atoms with Crippen molar-refractivity contribution in [2.45, 2.75) is 85.2 Å². The smallest absolute Gasteiger partial charge is 0.309 e. The summed E-state index contributed by atoms with van der Waals surface area (Å²) in [6, 6.07) is 0. The van der Waals surface area contributed by atoms with Crippen LogP contribution in [-0.2, 0) is 9.53 Å². The van der Waals surface area contributed by atoms with Crippen molar-refractivity contribution in [1.82, 2.24) is 0 Å². The second-order valence-corrected chi connectivity index (χ2v) is 5.16. The highest BCUT2D eigenvalue weighted by Gasteiger charge is 2.32. The van der Waals surface area contributed by atoms with Gasteiger partial charge in [0.1, 0.15) is 5.60 Å². The lowest BCUT2D eigenvalue weighted by molar-refractivity contribution is -0.167. The Kier molecular flexibility index (Phi) is 8.28. The van der Waals surface area contributed by atoms with Crippen molar-refractivity contribution in [2.75, 3.05) is 0 Å². The second kappa shape index (κ2) is 8.54. The summed E-state index contributed by atoms with van der Waals surface area (Å²) in [6.07, 6.45) is 7.08. The molecule has 0 heterocycles. The first-order valence-electron chi connectivity index (χ1n) is 7.28. The van der Waals surface area contributed by atoms with E-state index in [0.717, 1.165) is 44.9 Å². The molecule has 0 saturated heterocycles. The molecule has 0 aliphatic rings. The zero-order valence-electron chi connectivity index (χ0n) is 12.3. The quantitative estimate of drug-likeness (QED) is 0.547. The van der Waals surface area contributed by atoms with Crippen molar-refractivity contribution in [2.24, 2.45) is 5.92 Å². The number of carbonyl (C=O) groups excluding carboxylic acids is 1. The molecule has 1 atom stereocenters. The Morgan fingerprint density at radius 2 is 1.41 bits per heavy atom. The van der Waals surface area contributed by atoms with E-state index in [1.807, 2.05) is 13.8 Å². The van der Waals surface area contributed by atoms with Crippen molar-refractivity contribution >= 4 is 5.97 Å². The van der Waals surface area contributed by atoms with Crippen molar-refractivity contribution < 1.29 is 9.53 Å². The van der Waals surface area contributed by atoms with Gasteiger partial charge in [-0.2, -0.15) is 0 Å². The second-order valence-electron chi connectivity index (χ2n) is 5.16. The minimum Gasteiger partial charge on any atom is -0.459 e. The molecule has 2 heteroatoms. The van der Waals surface area contributed by atoms with E-state index in [2.05, 4.69) is 20.8 Å². The molecule has 0 aliphatic carbocycles.